The smallest absolute Gasteiger partial charge is 0.277 e. The Morgan fingerprint density at radius 1 is 1.14 bits per heavy atom. The van der Waals surface area contributed by atoms with Crippen LogP contribution in [0.5, 0.6) is 5.75 Å². The van der Waals surface area contributed by atoms with Crippen LogP contribution in [0.15, 0.2) is 27.9 Å². The summed E-state index contributed by atoms with van der Waals surface area (Å²) in [4.78, 5) is 22.8. The third-order valence-corrected chi connectivity index (χ3v) is 8.92. The van der Waals surface area contributed by atoms with Gasteiger partial charge in [-0.25, -0.2) is 17.9 Å². The Hall–Kier alpha value is -2.76. The molecule has 0 amide bonds. The average molecular weight is 515 g/mol. The number of sulfonamides is 1. The Kier molecular flexibility index (Phi) is 6.65. The molecule has 2 saturated heterocycles. The molecule has 2 unspecified atom stereocenters. The normalized spacial score (nSPS) is 21.2. The third kappa shape index (κ3) is 4.44. The molecule has 2 aromatic heterocycles. The number of piperidine rings is 2. The van der Waals surface area contributed by atoms with E-state index in [-0.39, 0.29) is 16.3 Å². The van der Waals surface area contributed by atoms with E-state index in [0.717, 1.165) is 25.9 Å². The van der Waals surface area contributed by atoms with Gasteiger partial charge in [0.15, 0.2) is 11.3 Å². The summed E-state index contributed by atoms with van der Waals surface area (Å²) in [6.45, 7) is 8.92. The molecule has 0 saturated carbocycles. The van der Waals surface area contributed by atoms with Crippen molar-refractivity contribution in [2.45, 2.75) is 44.9 Å². The molecule has 1 aromatic carbocycles. The molecule has 5 rings (SSSR count). The molecule has 0 radical (unpaired) electrons. The van der Waals surface area contributed by atoms with Crippen molar-refractivity contribution < 1.29 is 13.2 Å². The Morgan fingerprint density at radius 3 is 2.53 bits per heavy atom. The van der Waals surface area contributed by atoms with Crippen molar-refractivity contribution in [3.8, 4) is 17.1 Å². The summed E-state index contributed by atoms with van der Waals surface area (Å²) in [5, 5.41) is 4.68. The van der Waals surface area contributed by atoms with E-state index in [1.807, 2.05) is 13.8 Å². The highest BCUT2D eigenvalue weighted by molar-refractivity contribution is 7.89. The minimum Gasteiger partial charge on any atom is -0.493 e. The lowest BCUT2D eigenvalue weighted by molar-refractivity contribution is 0.0814. The second-order valence-electron chi connectivity index (χ2n) is 10.0. The highest BCUT2D eigenvalue weighted by Gasteiger charge is 2.38. The molecule has 194 valence electrons. The summed E-state index contributed by atoms with van der Waals surface area (Å²) in [5.41, 5.74) is 1.12. The van der Waals surface area contributed by atoms with E-state index in [9.17, 15) is 13.2 Å². The van der Waals surface area contributed by atoms with E-state index in [4.69, 9.17) is 4.74 Å². The Labute approximate surface area is 211 Å². The van der Waals surface area contributed by atoms with Gasteiger partial charge < -0.3 is 14.6 Å². The summed E-state index contributed by atoms with van der Waals surface area (Å²) in [7, 11) is -1.63. The molecule has 4 heterocycles. The van der Waals surface area contributed by atoms with Crippen molar-refractivity contribution in [3.63, 3.8) is 0 Å². The van der Waals surface area contributed by atoms with Crippen molar-refractivity contribution in [2.24, 2.45) is 11.8 Å². The molecule has 10 nitrogen and oxygen atoms in total. The number of ether oxygens (including phenoxy) is 1. The van der Waals surface area contributed by atoms with Gasteiger partial charge in [-0.1, -0.05) is 6.92 Å². The van der Waals surface area contributed by atoms with E-state index in [2.05, 4.69) is 27.0 Å². The van der Waals surface area contributed by atoms with Crippen LogP contribution in [-0.4, -0.2) is 77.0 Å². The molecule has 0 spiro atoms. The van der Waals surface area contributed by atoms with E-state index < -0.39 is 10.0 Å². The average Bonchev–Trinajstić information content (AvgIpc) is 3.14. The molecule has 2 atom stereocenters. The molecule has 1 N–H and O–H groups in total. The highest BCUT2D eigenvalue weighted by Crippen LogP contribution is 2.34. The zero-order valence-electron chi connectivity index (χ0n) is 21.3. The Morgan fingerprint density at radius 2 is 1.86 bits per heavy atom. The topological polar surface area (TPSA) is 113 Å². The SMILES string of the molecule is CCCc1nc(C)c2c(=O)[nH]c(-c3cc(S(=O)(=O)N4CC5CC(CN(C)C5)C4)ccc3OCC)nn12. The number of nitrogens with zero attached hydrogens (tertiary/aromatic N) is 5. The van der Waals surface area contributed by atoms with Crippen LogP contribution in [0.4, 0.5) is 0 Å². The van der Waals surface area contributed by atoms with Crippen LogP contribution in [-0.2, 0) is 16.4 Å². The summed E-state index contributed by atoms with van der Waals surface area (Å²) in [5.74, 6) is 2.08. The molecule has 2 fully saturated rings. The predicted octanol–water partition coefficient (Wildman–Crippen LogP) is 2.32. The van der Waals surface area contributed by atoms with Crippen LogP contribution in [0, 0.1) is 18.8 Å². The van der Waals surface area contributed by atoms with Crippen LogP contribution < -0.4 is 10.3 Å². The Bertz CT molecular complexity index is 1430. The molecule has 2 aliphatic heterocycles. The summed E-state index contributed by atoms with van der Waals surface area (Å²) >= 11 is 0. The number of likely N-dealkylation sites (tertiary alicyclic amines) is 1. The first-order valence-electron chi connectivity index (χ1n) is 12.7. The van der Waals surface area contributed by atoms with Gasteiger partial charge in [-0.05, 0) is 63.8 Å². The fourth-order valence-electron chi connectivity index (χ4n) is 5.72. The monoisotopic (exact) mass is 514 g/mol. The van der Waals surface area contributed by atoms with Crippen molar-refractivity contribution in [1.29, 1.82) is 0 Å². The van der Waals surface area contributed by atoms with Crippen LogP contribution in [0.3, 0.4) is 0 Å². The number of hydrogen-bond acceptors (Lipinski definition) is 7. The largest absolute Gasteiger partial charge is 0.493 e. The molecular formula is C25H34N6O4S. The number of H-pyrrole nitrogens is 1. The number of rotatable bonds is 7. The van der Waals surface area contributed by atoms with Gasteiger partial charge in [-0.15, -0.1) is 5.10 Å². The zero-order chi connectivity index (χ0) is 25.6. The molecule has 0 aliphatic carbocycles. The van der Waals surface area contributed by atoms with Crippen LogP contribution >= 0.6 is 0 Å². The van der Waals surface area contributed by atoms with Gasteiger partial charge in [0, 0.05) is 32.6 Å². The first kappa shape index (κ1) is 24.9. The number of nitrogens with one attached hydrogen (secondary N) is 1. The van der Waals surface area contributed by atoms with Gasteiger partial charge in [-0.3, -0.25) is 4.79 Å². The maximum absolute atomic E-state index is 13.7. The standard InChI is InChI=1S/C25H34N6O4S/c1-5-7-22-26-16(3)23-25(32)27-24(28-31(22)23)20-11-19(8-9-21(20)35-6-2)36(33,34)30-14-17-10-18(15-30)13-29(4)12-17/h8-9,11,17-18H,5-7,10,12-15H2,1-4H3,(H,27,28,32). The summed E-state index contributed by atoms with van der Waals surface area (Å²) in [6.07, 6.45) is 2.60. The van der Waals surface area contributed by atoms with E-state index >= 15 is 0 Å². The van der Waals surface area contributed by atoms with Crippen LogP contribution in [0.25, 0.3) is 16.9 Å². The number of aryl methyl sites for hydroxylation is 2. The molecule has 2 aliphatic rings. The lowest BCUT2D eigenvalue weighted by Crippen LogP contribution is -2.53. The number of benzene rings is 1. The molecule has 3 aromatic rings. The lowest BCUT2D eigenvalue weighted by Gasteiger charge is -2.44. The van der Waals surface area contributed by atoms with E-state index in [1.165, 1.54) is 0 Å². The molecule has 36 heavy (non-hydrogen) atoms. The second-order valence-corrected chi connectivity index (χ2v) is 12.0. The van der Waals surface area contributed by atoms with E-state index in [0.29, 0.717) is 66.3 Å². The third-order valence-electron chi connectivity index (χ3n) is 7.09. The van der Waals surface area contributed by atoms with Crippen molar-refractivity contribution in [1.82, 2.24) is 28.8 Å². The molecular weight excluding hydrogens is 480 g/mol. The summed E-state index contributed by atoms with van der Waals surface area (Å²) < 4.78 is 36.5. The second kappa shape index (κ2) is 9.60. The van der Waals surface area contributed by atoms with Crippen LogP contribution in [0.1, 0.15) is 38.2 Å². The zero-order valence-corrected chi connectivity index (χ0v) is 22.1. The lowest BCUT2D eigenvalue weighted by atomic mass is 9.86. The van der Waals surface area contributed by atoms with E-state index in [1.54, 1.807) is 33.9 Å². The van der Waals surface area contributed by atoms with Crippen molar-refractivity contribution in [3.05, 3.63) is 40.1 Å². The van der Waals surface area contributed by atoms with Gasteiger partial charge in [0.25, 0.3) is 5.56 Å². The minimum atomic E-state index is -3.73. The van der Waals surface area contributed by atoms with Gasteiger partial charge in [-0.2, -0.15) is 4.31 Å². The first-order valence-corrected chi connectivity index (χ1v) is 14.1. The number of hydrogen-bond donors (Lipinski definition) is 1. The quantitative estimate of drug-likeness (QED) is 0.515. The minimum absolute atomic E-state index is 0.174. The summed E-state index contributed by atoms with van der Waals surface area (Å²) in [6, 6.07) is 4.81. The maximum Gasteiger partial charge on any atom is 0.277 e. The number of aromatic nitrogens is 4. The fourth-order valence-corrected chi connectivity index (χ4v) is 7.33. The number of aromatic amines is 1. The first-order chi connectivity index (χ1) is 17.2. The predicted molar refractivity (Wildman–Crippen MR) is 137 cm³/mol. The van der Waals surface area contributed by atoms with Gasteiger partial charge in [0.05, 0.1) is 22.8 Å². The molecule has 11 heteroatoms. The van der Waals surface area contributed by atoms with Gasteiger partial charge in [0.1, 0.15) is 11.6 Å². The maximum atomic E-state index is 13.7. The Balaban J connectivity index is 1.59. The molecule has 2 bridgehead atoms. The van der Waals surface area contributed by atoms with Crippen molar-refractivity contribution in [2.75, 3.05) is 39.8 Å². The number of fused-ring (bicyclic) bond motifs is 3. The van der Waals surface area contributed by atoms with Crippen molar-refractivity contribution >= 4 is 15.5 Å². The van der Waals surface area contributed by atoms with Gasteiger partial charge >= 0.3 is 0 Å². The fraction of sp³-hybridized carbons (Fsp3) is 0.560. The number of imidazole rings is 1. The van der Waals surface area contributed by atoms with Gasteiger partial charge in [0.2, 0.25) is 10.0 Å². The van der Waals surface area contributed by atoms with Crippen LogP contribution in [0.2, 0.25) is 0 Å². The highest BCUT2D eigenvalue weighted by atomic mass is 32.2.